The molecule has 0 fully saturated rings. The van der Waals surface area contributed by atoms with Crippen molar-refractivity contribution < 1.29 is 0 Å². The van der Waals surface area contributed by atoms with Gasteiger partial charge in [-0.1, -0.05) is 23.3 Å². The first-order chi connectivity index (χ1) is 11.3. The van der Waals surface area contributed by atoms with Crippen LogP contribution in [0.25, 0.3) is 22.7 Å². The first kappa shape index (κ1) is 12.5. The lowest BCUT2D eigenvalue weighted by atomic mass is 9.93. The number of aromatic nitrogens is 7. The smallest absolute Gasteiger partial charge is 0.237 e. The molecule has 3 heterocycles. The van der Waals surface area contributed by atoms with Crippen LogP contribution in [0, 0.1) is 6.92 Å². The second-order valence-electron chi connectivity index (χ2n) is 5.68. The number of fused-ring (bicyclic) bond motifs is 5. The van der Waals surface area contributed by atoms with Gasteiger partial charge in [0.1, 0.15) is 0 Å². The molecule has 1 aliphatic rings. The van der Waals surface area contributed by atoms with Gasteiger partial charge < -0.3 is 0 Å². The van der Waals surface area contributed by atoms with Crippen LogP contribution in [-0.2, 0) is 12.8 Å². The molecule has 0 spiro atoms. The third kappa shape index (κ3) is 1.67. The molecule has 0 unspecified atom stereocenters. The minimum Gasteiger partial charge on any atom is -0.237 e. The predicted octanol–water partition coefficient (Wildman–Crippen LogP) is 1.78. The van der Waals surface area contributed by atoms with Gasteiger partial charge in [0.2, 0.25) is 0 Å². The van der Waals surface area contributed by atoms with Crippen LogP contribution in [0.5, 0.6) is 0 Å². The summed E-state index contributed by atoms with van der Waals surface area (Å²) in [5, 5.41) is 16.6. The van der Waals surface area contributed by atoms with Crippen molar-refractivity contribution in [1.82, 2.24) is 34.8 Å². The number of nitrogens with zero attached hydrogens (tertiary/aromatic N) is 7. The Hall–Kier alpha value is -3.09. The van der Waals surface area contributed by atoms with E-state index in [2.05, 4.69) is 32.6 Å². The van der Waals surface area contributed by atoms with Crippen LogP contribution in [0.15, 0.2) is 36.5 Å². The Kier molecular flexibility index (Phi) is 2.41. The monoisotopic (exact) mass is 303 g/mol. The largest absolute Gasteiger partial charge is 0.273 e. The Morgan fingerprint density at radius 1 is 1.09 bits per heavy atom. The highest BCUT2D eigenvalue weighted by Crippen LogP contribution is 2.36. The molecular formula is C16H13N7. The number of benzene rings is 1. The van der Waals surface area contributed by atoms with Gasteiger partial charge in [0.15, 0.2) is 0 Å². The summed E-state index contributed by atoms with van der Waals surface area (Å²) in [5.74, 6) is 0.517. The van der Waals surface area contributed by atoms with Gasteiger partial charge in [-0.15, -0.1) is 0 Å². The number of hydrogen-bond acceptors (Lipinski definition) is 5. The second kappa shape index (κ2) is 4.45. The molecule has 5 rings (SSSR count). The van der Waals surface area contributed by atoms with E-state index in [0.717, 1.165) is 41.0 Å². The molecule has 0 bridgehead atoms. The van der Waals surface area contributed by atoms with Crippen molar-refractivity contribution in [2.45, 2.75) is 19.8 Å². The molecular weight excluding hydrogens is 290 g/mol. The number of aryl methyl sites for hydroxylation is 2. The van der Waals surface area contributed by atoms with E-state index in [4.69, 9.17) is 5.10 Å². The maximum atomic E-state index is 4.77. The fourth-order valence-corrected chi connectivity index (χ4v) is 3.34. The molecule has 0 N–H and O–H groups in total. The summed E-state index contributed by atoms with van der Waals surface area (Å²) in [6.07, 6.45) is 3.71. The molecule has 0 aliphatic heterocycles. The highest BCUT2D eigenvalue weighted by atomic mass is 15.5. The highest BCUT2D eigenvalue weighted by molar-refractivity contribution is 5.72. The van der Waals surface area contributed by atoms with Crippen LogP contribution in [0.3, 0.4) is 0 Å². The lowest BCUT2D eigenvalue weighted by Crippen LogP contribution is -2.12. The van der Waals surface area contributed by atoms with Crippen molar-refractivity contribution in [3.63, 3.8) is 0 Å². The fourth-order valence-electron chi connectivity index (χ4n) is 3.34. The normalized spacial score (nSPS) is 13.1. The highest BCUT2D eigenvalue weighted by Gasteiger charge is 2.27. The SMILES string of the molecule is Cc1nn(-c2ccccc2)c2c1-c1c(cnc3nnnn13)CC2. The summed E-state index contributed by atoms with van der Waals surface area (Å²) in [4.78, 5) is 4.32. The van der Waals surface area contributed by atoms with Gasteiger partial charge in [-0.3, -0.25) is 0 Å². The molecule has 3 aromatic heterocycles. The number of para-hydroxylation sites is 1. The molecule has 7 nitrogen and oxygen atoms in total. The summed E-state index contributed by atoms with van der Waals surface area (Å²) in [6.45, 7) is 2.03. The molecule has 0 saturated carbocycles. The van der Waals surface area contributed by atoms with E-state index in [0.29, 0.717) is 5.78 Å². The Bertz CT molecular complexity index is 1030. The van der Waals surface area contributed by atoms with Gasteiger partial charge >= 0.3 is 0 Å². The van der Waals surface area contributed by atoms with E-state index in [1.807, 2.05) is 36.0 Å². The second-order valence-corrected chi connectivity index (χ2v) is 5.68. The minimum absolute atomic E-state index is 0.517. The zero-order valence-electron chi connectivity index (χ0n) is 12.5. The number of hydrogen-bond donors (Lipinski definition) is 0. The van der Waals surface area contributed by atoms with E-state index in [1.165, 1.54) is 5.69 Å². The Morgan fingerprint density at radius 3 is 2.83 bits per heavy atom. The Balaban J connectivity index is 1.84. The van der Waals surface area contributed by atoms with Gasteiger partial charge in [-0.05, 0) is 47.9 Å². The maximum absolute atomic E-state index is 4.77. The van der Waals surface area contributed by atoms with Crippen LogP contribution in [0.1, 0.15) is 17.0 Å². The molecule has 0 atom stereocenters. The van der Waals surface area contributed by atoms with Crippen LogP contribution in [-0.4, -0.2) is 34.8 Å². The average Bonchev–Trinajstić information content (AvgIpc) is 3.20. The molecule has 7 heteroatoms. The lowest BCUT2D eigenvalue weighted by Gasteiger charge is -2.18. The van der Waals surface area contributed by atoms with Crippen LogP contribution >= 0.6 is 0 Å². The fraction of sp³-hybridized carbons (Fsp3) is 0.188. The molecule has 1 aliphatic carbocycles. The summed E-state index contributed by atoms with van der Waals surface area (Å²) in [5.41, 5.74) is 6.54. The molecule has 4 aromatic rings. The molecule has 112 valence electrons. The zero-order valence-corrected chi connectivity index (χ0v) is 12.5. The van der Waals surface area contributed by atoms with Crippen LogP contribution < -0.4 is 0 Å². The third-order valence-corrected chi connectivity index (χ3v) is 4.33. The molecule has 23 heavy (non-hydrogen) atoms. The van der Waals surface area contributed by atoms with Crippen LogP contribution in [0.4, 0.5) is 0 Å². The van der Waals surface area contributed by atoms with E-state index in [-0.39, 0.29) is 0 Å². The number of rotatable bonds is 1. The first-order valence-corrected chi connectivity index (χ1v) is 7.53. The van der Waals surface area contributed by atoms with Crippen molar-refractivity contribution in [1.29, 1.82) is 0 Å². The standard InChI is InChI=1S/C16H13N7/c1-10-14-13(22(19-10)12-5-3-2-4-6-12)8-7-11-9-17-16-18-20-21-23(16)15(11)14/h2-6,9H,7-8H2,1H3. The Morgan fingerprint density at radius 2 is 1.96 bits per heavy atom. The van der Waals surface area contributed by atoms with Crippen molar-refractivity contribution in [3.8, 4) is 16.9 Å². The first-order valence-electron chi connectivity index (χ1n) is 7.53. The van der Waals surface area contributed by atoms with Crippen molar-refractivity contribution in [2.75, 3.05) is 0 Å². The average molecular weight is 303 g/mol. The summed E-state index contributed by atoms with van der Waals surface area (Å²) in [7, 11) is 0. The van der Waals surface area contributed by atoms with Gasteiger partial charge in [0.05, 0.1) is 22.8 Å². The van der Waals surface area contributed by atoms with Crippen LogP contribution in [0.2, 0.25) is 0 Å². The molecule has 0 radical (unpaired) electrons. The van der Waals surface area contributed by atoms with Gasteiger partial charge in [-0.25, -0.2) is 9.67 Å². The maximum Gasteiger partial charge on any atom is 0.273 e. The Labute approximate surface area is 131 Å². The zero-order chi connectivity index (χ0) is 15.4. The minimum atomic E-state index is 0.517. The van der Waals surface area contributed by atoms with E-state index < -0.39 is 0 Å². The van der Waals surface area contributed by atoms with Crippen molar-refractivity contribution >= 4 is 5.78 Å². The third-order valence-electron chi connectivity index (χ3n) is 4.33. The summed E-state index contributed by atoms with van der Waals surface area (Å²) >= 11 is 0. The summed E-state index contributed by atoms with van der Waals surface area (Å²) < 4.78 is 3.75. The number of tetrazole rings is 1. The molecule has 0 saturated heterocycles. The molecule has 0 amide bonds. The quantitative estimate of drug-likeness (QED) is 0.536. The van der Waals surface area contributed by atoms with Crippen molar-refractivity contribution in [2.24, 2.45) is 0 Å². The van der Waals surface area contributed by atoms with Gasteiger partial charge in [0.25, 0.3) is 5.78 Å². The van der Waals surface area contributed by atoms with Gasteiger partial charge in [0, 0.05) is 11.8 Å². The predicted molar refractivity (Wildman–Crippen MR) is 83.3 cm³/mol. The summed E-state index contributed by atoms with van der Waals surface area (Å²) in [6, 6.07) is 10.2. The lowest BCUT2D eigenvalue weighted by molar-refractivity contribution is 0.760. The van der Waals surface area contributed by atoms with E-state index in [9.17, 15) is 0 Å². The van der Waals surface area contributed by atoms with Gasteiger partial charge in [-0.2, -0.15) is 9.61 Å². The van der Waals surface area contributed by atoms with E-state index in [1.54, 1.807) is 4.52 Å². The molecule has 1 aromatic carbocycles. The van der Waals surface area contributed by atoms with E-state index >= 15 is 0 Å². The van der Waals surface area contributed by atoms with Crippen molar-refractivity contribution in [3.05, 3.63) is 53.5 Å². The topological polar surface area (TPSA) is 73.8 Å².